The molecular formula is C12H12Cl2N2S. The molecule has 17 heavy (non-hydrogen) atoms. The van der Waals surface area contributed by atoms with Gasteiger partial charge in [-0.3, -0.25) is 0 Å². The van der Waals surface area contributed by atoms with Crippen molar-refractivity contribution in [1.29, 1.82) is 0 Å². The molecule has 0 aliphatic rings. The van der Waals surface area contributed by atoms with E-state index in [0.29, 0.717) is 5.15 Å². The van der Waals surface area contributed by atoms with Crippen LogP contribution in [0.3, 0.4) is 0 Å². The molecule has 2 heterocycles. The highest BCUT2D eigenvalue weighted by molar-refractivity contribution is 7.14. The largest absolute Gasteiger partial charge is 0.232 e. The highest BCUT2D eigenvalue weighted by Crippen LogP contribution is 2.35. The lowest BCUT2D eigenvalue weighted by Crippen LogP contribution is -1.99. The molecular weight excluding hydrogens is 275 g/mol. The van der Waals surface area contributed by atoms with Gasteiger partial charge in [-0.25, -0.2) is 9.97 Å². The molecule has 0 saturated carbocycles. The molecule has 2 nitrogen and oxygen atoms in total. The smallest absolute Gasteiger partial charge is 0.136 e. The Kier molecular flexibility index (Phi) is 4.02. The maximum atomic E-state index is 6.13. The predicted molar refractivity (Wildman–Crippen MR) is 74.1 cm³/mol. The minimum atomic E-state index is 0.517. The van der Waals surface area contributed by atoms with E-state index in [-0.39, 0.29) is 0 Å². The van der Waals surface area contributed by atoms with Crippen molar-refractivity contribution in [3.05, 3.63) is 33.0 Å². The van der Waals surface area contributed by atoms with Gasteiger partial charge in [-0.05, 0) is 24.8 Å². The van der Waals surface area contributed by atoms with Crippen molar-refractivity contribution in [2.24, 2.45) is 0 Å². The van der Waals surface area contributed by atoms with Crippen LogP contribution in [0, 0.1) is 6.92 Å². The summed E-state index contributed by atoms with van der Waals surface area (Å²) in [7, 11) is 0. The van der Waals surface area contributed by atoms with Crippen LogP contribution in [0.2, 0.25) is 10.2 Å². The molecule has 0 aliphatic carbocycles. The van der Waals surface area contributed by atoms with Gasteiger partial charge in [0.25, 0.3) is 0 Å². The standard InChI is InChI=1S/C12H12Cl2N2S/c1-3-4-9-15-10(7(2)12(14)16-9)11-8(13)5-6-17-11/h5-6H,3-4H2,1-2H3. The van der Waals surface area contributed by atoms with Crippen LogP contribution in [0.25, 0.3) is 10.6 Å². The van der Waals surface area contributed by atoms with Gasteiger partial charge in [0.05, 0.1) is 15.6 Å². The number of thiophene rings is 1. The zero-order chi connectivity index (χ0) is 12.4. The van der Waals surface area contributed by atoms with Crippen molar-refractivity contribution in [3.63, 3.8) is 0 Å². The number of hydrogen-bond acceptors (Lipinski definition) is 3. The molecule has 2 rings (SSSR count). The summed E-state index contributed by atoms with van der Waals surface area (Å²) in [6.07, 6.45) is 1.83. The average molecular weight is 287 g/mol. The van der Waals surface area contributed by atoms with Crippen LogP contribution in [-0.4, -0.2) is 9.97 Å². The molecule has 2 aromatic rings. The van der Waals surface area contributed by atoms with Gasteiger partial charge in [-0.15, -0.1) is 11.3 Å². The molecule has 0 atom stereocenters. The molecule has 5 heteroatoms. The van der Waals surface area contributed by atoms with Gasteiger partial charge in [-0.1, -0.05) is 30.1 Å². The van der Waals surface area contributed by atoms with E-state index in [1.165, 1.54) is 0 Å². The molecule has 90 valence electrons. The fraction of sp³-hybridized carbons (Fsp3) is 0.333. The number of nitrogens with zero attached hydrogens (tertiary/aromatic N) is 2. The minimum Gasteiger partial charge on any atom is -0.232 e. The second kappa shape index (κ2) is 5.34. The zero-order valence-electron chi connectivity index (χ0n) is 9.63. The maximum absolute atomic E-state index is 6.13. The predicted octanol–water partition coefficient (Wildman–Crippen LogP) is 4.77. The van der Waals surface area contributed by atoms with E-state index < -0.39 is 0 Å². The first kappa shape index (κ1) is 12.8. The summed E-state index contributed by atoms with van der Waals surface area (Å²) in [6.45, 7) is 4.01. The zero-order valence-corrected chi connectivity index (χ0v) is 12.0. The molecule has 0 N–H and O–H groups in total. The average Bonchev–Trinajstić information content (AvgIpc) is 2.70. The fourth-order valence-corrected chi connectivity index (χ4v) is 2.93. The van der Waals surface area contributed by atoms with Gasteiger partial charge < -0.3 is 0 Å². The van der Waals surface area contributed by atoms with Gasteiger partial charge in [0.1, 0.15) is 11.0 Å². The third-order valence-corrected chi connectivity index (χ3v) is 4.15. The Hall–Kier alpha value is -0.640. The fourth-order valence-electron chi connectivity index (χ4n) is 1.55. The lowest BCUT2D eigenvalue weighted by atomic mass is 10.2. The van der Waals surface area contributed by atoms with Crippen molar-refractivity contribution in [2.75, 3.05) is 0 Å². The Labute approximate surface area is 115 Å². The van der Waals surface area contributed by atoms with Gasteiger partial charge in [0, 0.05) is 12.0 Å². The van der Waals surface area contributed by atoms with Crippen molar-refractivity contribution in [1.82, 2.24) is 9.97 Å². The van der Waals surface area contributed by atoms with Crippen molar-refractivity contribution < 1.29 is 0 Å². The van der Waals surface area contributed by atoms with E-state index >= 15 is 0 Å². The third-order valence-electron chi connectivity index (χ3n) is 2.44. The van der Waals surface area contributed by atoms with Gasteiger partial charge in [0.2, 0.25) is 0 Å². The molecule has 0 aromatic carbocycles. The molecule has 2 aromatic heterocycles. The van der Waals surface area contributed by atoms with E-state index in [2.05, 4.69) is 16.9 Å². The lowest BCUT2D eigenvalue weighted by Gasteiger charge is -2.07. The monoisotopic (exact) mass is 286 g/mol. The molecule has 0 aliphatic heterocycles. The number of rotatable bonds is 3. The molecule has 0 fully saturated rings. The normalized spacial score (nSPS) is 10.8. The molecule has 0 saturated heterocycles. The van der Waals surface area contributed by atoms with Crippen molar-refractivity contribution in [2.45, 2.75) is 26.7 Å². The lowest BCUT2D eigenvalue weighted by molar-refractivity contribution is 0.833. The Bertz CT molecular complexity index is 537. The summed E-state index contributed by atoms with van der Waals surface area (Å²) in [6, 6.07) is 1.87. The molecule has 0 radical (unpaired) electrons. The summed E-state index contributed by atoms with van der Waals surface area (Å²) in [4.78, 5) is 9.80. The van der Waals surface area contributed by atoms with Gasteiger partial charge in [0.15, 0.2) is 0 Å². The van der Waals surface area contributed by atoms with Crippen molar-refractivity contribution in [3.8, 4) is 10.6 Å². The van der Waals surface area contributed by atoms with Gasteiger partial charge >= 0.3 is 0 Å². The molecule has 0 bridgehead atoms. The molecule has 0 spiro atoms. The van der Waals surface area contributed by atoms with E-state index in [9.17, 15) is 0 Å². The Morgan fingerprint density at radius 2 is 2.06 bits per heavy atom. The van der Waals surface area contributed by atoms with E-state index in [1.807, 2.05) is 18.4 Å². The highest BCUT2D eigenvalue weighted by atomic mass is 35.5. The Balaban J connectivity index is 2.56. The minimum absolute atomic E-state index is 0.517. The second-order valence-corrected chi connectivity index (χ2v) is 5.43. The topological polar surface area (TPSA) is 25.8 Å². The van der Waals surface area contributed by atoms with Crippen LogP contribution in [0.5, 0.6) is 0 Å². The van der Waals surface area contributed by atoms with Crippen LogP contribution < -0.4 is 0 Å². The highest BCUT2D eigenvalue weighted by Gasteiger charge is 2.14. The number of aromatic nitrogens is 2. The summed E-state index contributed by atoms with van der Waals surface area (Å²) in [5.74, 6) is 0.780. The first-order valence-electron chi connectivity index (χ1n) is 5.39. The Morgan fingerprint density at radius 1 is 1.29 bits per heavy atom. The van der Waals surface area contributed by atoms with Gasteiger partial charge in [-0.2, -0.15) is 0 Å². The summed E-state index contributed by atoms with van der Waals surface area (Å²) >= 11 is 13.8. The van der Waals surface area contributed by atoms with Crippen LogP contribution in [0.4, 0.5) is 0 Å². The second-order valence-electron chi connectivity index (χ2n) is 3.75. The first-order chi connectivity index (χ1) is 8.13. The number of halogens is 2. The summed E-state index contributed by atoms with van der Waals surface area (Å²) < 4.78 is 0. The number of aryl methyl sites for hydroxylation is 1. The van der Waals surface area contributed by atoms with Crippen LogP contribution >= 0.6 is 34.5 Å². The van der Waals surface area contributed by atoms with E-state index in [0.717, 1.165) is 39.8 Å². The van der Waals surface area contributed by atoms with Crippen LogP contribution in [0.1, 0.15) is 24.7 Å². The maximum Gasteiger partial charge on any atom is 0.136 e. The van der Waals surface area contributed by atoms with Crippen LogP contribution in [-0.2, 0) is 6.42 Å². The van der Waals surface area contributed by atoms with E-state index in [4.69, 9.17) is 23.2 Å². The quantitative estimate of drug-likeness (QED) is 0.760. The molecule has 0 unspecified atom stereocenters. The summed E-state index contributed by atoms with van der Waals surface area (Å²) in [5.41, 5.74) is 1.74. The molecule has 0 amide bonds. The Morgan fingerprint density at radius 3 is 2.65 bits per heavy atom. The summed E-state index contributed by atoms with van der Waals surface area (Å²) in [5, 5.41) is 3.19. The van der Waals surface area contributed by atoms with Crippen molar-refractivity contribution >= 4 is 34.5 Å². The first-order valence-corrected chi connectivity index (χ1v) is 7.03. The van der Waals surface area contributed by atoms with E-state index in [1.54, 1.807) is 11.3 Å². The SMILES string of the molecule is CCCc1nc(Cl)c(C)c(-c2sccc2Cl)n1. The van der Waals surface area contributed by atoms with Crippen LogP contribution in [0.15, 0.2) is 11.4 Å². The number of hydrogen-bond donors (Lipinski definition) is 0. The third kappa shape index (κ3) is 2.62.